The zero-order valence-corrected chi connectivity index (χ0v) is 9.85. The van der Waals surface area contributed by atoms with E-state index in [9.17, 15) is 19.3 Å². The lowest BCUT2D eigenvalue weighted by molar-refractivity contribution is -0.387. The molecule has 1 amide bonds. The standard InChI is InChI=1S/C10H9ClFN3O3/c11-5-1-10(16)14(4-5)9-2-6(12)8(15(17)18)3-7(9)13/h2-3,5H,1,4,13H2. The molecule has 0 aromatic heterocycles. The Morgan fingerprint density at radius 1 is 1.56 bits per heavy atom. The number of nitro benzene ring substituents is 1. The summed E-state index contributed by atoms with van der Waals surface area (Å²) in [6.07, 6.45) is 0.138. The third-order valence-corrected chi connectivity index (χ3v) is 2.95. The molecular formula is C10H9ClFN3O3. The molecule has 18 heavy (non-hydrogen) atoms. The van der Waals surface area contributed by atoms with Gasteiger partial charge in [-0.2, -0.15) is 4.39 Å². The van der Waals surface area contributed by atoms with E-state index in [4.69, 9.17) is 17.3 Å². The Labute approximate surface area is 106 Å². The van der Waals surface area contributed by atoms with Crippen molar-refractivity contribution in [1.82, 2.24) is 0 Å². The molecule has 1 heterocycles. The number of carbonyl (C=O) groups is 1. The fourth-order valence-electron chi connectivity index (χ4n) is 1.84. The number of nitro groups is 1. The number of anilines is 2. The average Bonchev–Trinajstić information content (AvgIpc) is 2.60. The van der Waals surface area contributed by atoms with Gasteiger partial charge in [0, 0.05) is 25.1 Å². The second-order valence-electron chi connectivity index (χ2n) is 3.93. The number of benzene rings is 1. The lowest BCUT2D eigenvalue weighted by Gasteiger charge is -2.17. The van der Waals surface area contributed by atoms with Crippen LogP contribution in [0.5, 0.6) is 0 Å². The maximum Gasteiger partial charge on any atom is 0.306 e. The molecule has 0 spiro atoms. The smallest absolute Gasteiger partial charge is 0.306 e. The first kappa shape index (κ1) is 12.6. The van der Waals surface area contributed by atoms with Crippen molar-refractivity contribution in [2.45, 2.75) is 11.8 Å². The molecule has 1 atom stereocenters. The van der Waals surface area contributed by atoms with Crippen LogP contribution < -0.4 is 10.6 Å². The van der Waals surface area contributed by atoms with Gasteiger partial charge in [0.15, 0.2) is 0 Å². The van der Waals surface area contributed by atoms with E-state index in [0.717, 1.165) is 12.1 Å². The van der Waals surface area contributed by atoms with E-state index in [1.54, 1.807) is 0 Å². The molecule has 0 bridgehead atoms. The number of nitrogens with two attached hydrogens (primary N) is 1. The molecule has 0 radical (unpaired) electrons. The van der Waals surface area contributed by atoms with Crippen LogP contribution in [0.4, 0.5) is 21.5 Å². The van der Waals surface area contributed by atoms with Crippen molar-refractivity contribution in [1.29, 1.82) is 0 Å². The predicted molar refractivity (Wildman–Crippen MR) is 64.1 cm³/mol. The Balaban J connectivity index is 2.44. The summed E-state index contributed by atoms with van der Waals surface area (Å²) in [4.78, 5) is 22.5. The molecule has 1 fully saturated rings. The number of halogens is 2. The quantitative estimate of drug-likeness (QED) is 0.384. The van der Waals surface area contributed by atoms with Crippen LogP contribution in [0.15, 0.2) is 12.1 Å². The van der Waals surface area contributed by atoms with E-state index in [0.29, 0.717) is 0 Å². The number of hydrogen-bond donors (Lipinski definition) is 1. The minimum absolute atomic E-state index is 0.0257. The number of rotatable bonds is 2. The van der Waals surface area contributed by atoms with Crippen molar-refractivity contribution in [2.75, 3.05) is 17.2 Å². The molecule has 0 saturated carbocycles. The Bertz CT molecular complexity index is 537. The van der Waals surface area contributed by atoms with Crippen LogP contribution in [0.1, 0.15) is 6.42 Å². The Hall–Kier alpha value is -1.89. The van der Waals surface area contributed by atoms with Crippen LogP contribution in [0.3, 0.4) is 0 Å². The molecule has 1 saturated heterocycles. The maximum absolute atomic E-state index is 13.5. The van der Waals surface area contributed by atoms with E-state index in [2.05, 4.69) is 0 Å². The molecule has 0 aliphatic carbocycles. The third-order valence-electron chi connectivity index (χ3n) is 2.66. The zero-order chi connectivity index (χ0) is 13.4. The number of nitrogens with zero attached hydrogens (tertiary/aromatic N) is 2. The van der Waals surface area contributed by atoms with E-state index in [1.807, 2.05) is 0 Å². The lowest BCUT2D eigenvalue weighted by atomic mass is 10.2. The second-order valence-corrected chi connectivity index (χ2v) is 4.54. The number of carbonyl (C=O) groups excluding carboxylic acids is 1. The van der Waals surface area contributed by atoms with E-state index < -0.39 is 16.4 Å². The van der Waals surface area contributed by atoms with Crippen LogP contribution in [0, 0.1) is 15.9 Å². The highest BCUT2D eigenvalue weighted by Crippen LogP contribution is 2.33. The summed E-state index contributed by atoms with van der Waals surface area (Å²) in [7, 11) is 0. The van der Waals surface area contributed by atoms with E-state index >= 15 is 0 Å². The van der Waals surface area contributed by atoms with Gasteiger partial charge in [0.1, 0.15) is 0 Å². The Morgan fingerprint density at radius 2 is 2.22 bits per heavy atom. The number of hydrogen-bond acceptors (Lipinski definition) is 4. The highest BCUT2D eigenvalue weighted by atomic mass is 35.5. The summed E-state index contributed by atoms with van der Waals surface area (Å²) in [5.74, 6) is -1.31. The summed E-state index contributed by atoms with van der Waals surface area (Å²) in [6, 6.07) is 1.79. The van der Waals surface area contributed by atoms with Gasteiger partial charge in [-0.25, -0.2) is 0 Å². The Morgan fingerprint density at radius 3 is 2.72 bits per heavy atom. The first-order valence-corrected chi connectivity index (χ1v) is 5.51. The van der Waals surface area contributed by atoms with Gasteiger partial charge in [0.2, 0.25) is 11.7 Å². The molecule has 6 nitrogen and oxygen atoms in total. The summed E-state index contributed by atoms with van der Waals surface area (Å²) < 4.78 is 13.5. The summed E-state index contributed by atoms with van der Waals surface area (Å²) in [5, 5.41) is 10.2. The van der Waals surface area contributed by atoms with Crippen LogP contribution in [0.2, 0.25) is 0 Å². The van der Waals surface area contributed by atoms with Crippen LogP contribution in [0.25, 0.3) is 0 Å². The van der Waals surface area contributed by atoms with Gasteiger partial charge in [-0.05, 0) is 0 Å². The van der Waals surface area contributed by atoms with Crippen molar-refractivity contribution in [3.63, 3.8) is 0 Å². The summed E-state index contributed by atoms with van der Waals surface area (Å²) in [5.41, 5.74) is 4.98. The first-order chi connectivity index (χ1) is 8.40. The summed E-state index contributed by atoms with van der Waals surface area (Å²) in [6.45, 7) is 0.210. The van der Waals surface area contributed by atoms with Gasteiger partial charge in [0.25, 0.3) is 0 Å². The minimum Gasteiger partial charge on any atom is -0.397 e. The van der Waals surface area contributed by atoms with Gasteiger partial charge in [0.05, 0.1) is 21.7 Å². The molecule has 1 unspecified atom stereocenters. The van der Waals surface area contributed by atoms with Gasteiger partial charge < -0.3 is 10.6 Å². The summed E-state index contributed by atoms with van der Waals surface area (Å²) >= 11 is 5.82. The van der Waals surface area contributed by atoms with Crippen molar-refractivity contribution in [3.05, 3.63) is 28.1 Å². The second kappa shape index (κ2) is 4.41. The fraction of sp³-hybridized carbons (Fsp3) is 0.300. The highest BCUT2D eigenvalue weighted by Gasteiger charge is 2.31. The molecule has 8 heteroatoms. The largest absolute Gasteiger partial charge is 0.397 e. The number of nitrogen functional groups attached to an aromatic ring is 1. The molecule has 1 aromatic rings. The fourth-order valence-corrected chi connectivity index (χ4v) is 2.11. The Kier molecular flexibility index (Phi) is 3.08. The van der Waals surface area contributed by atoms with Crippen molar-refractivity contribution in [2.24, 2.45) is 0 Å². The topological polar surface area (TPSA) is 89.5 Å². The highest BCUT2D eigenvalue weighted by molar-refractivity contribution is 6.24. The number of alkyl halides is 1. The minimum atomic E-state index is -1.03. The normalized spacial score (nSPS) is 19.3. The molecule has 2 rings (SSSR count). The monoisotopic (exact) mass is 273 g/mol. The van der Waals surface area contributed by atoms with Crippen LogP contribution in [-0.2, 0) is 4.79 Å². The molecule has 1 aliphatic rings. The molecule has 1 aliphatic heterocycles. The maximum atomic E-state index is 13.5. The van der Waals surface area contributed by atoms with Crippen molar-refractivity contribution >= 4 is 34.6 Å². The first-order valence-electron chi connectivity index (χ1n) is 5.08. The van der Waals surface area contributed by atoms with E-state index in [1.165, 1.54) is 4.90 Å². The van der Waals surface area contributed by atoms with Crippen LogP contribution >= 0.6 is 11.6 Å². The SMILES string of the molecule is Nc1cc([N+](=O)[O-])c(F)cc1N1CC(Cl)CC1=O. The van der Waals surface area contributed by atoms with Crippen LogP contribution in [-0.4, -0.2) is 22.8 Å². The van der Waals surface area contributed by atoms with Crippen molar-refractivity contribution in [3.8, 4) is 0 Å². The van der Waals surface area contributed by atoms with Gasteiger partial charge in [-0.3, -0.25) is 14.9 Å². The van der Waals surface area contributed by atoms with Gasteiger partial charge >= 0.3 is 5.69 Å². The molecule has 96 valence electrons. The lowest BCUT2D eigenvalue weighted by Crippen LogP contribution is -2.25. The van der Waals surface area contributed by atoms with Gasteiger partial charge in [-0.1, -0.05) is 0 Å². The zero-order valence-electron chi connectivity index (χ0n) is 9.10. The van der Waals surface area contributed by atoms with E-state index in [-0.39, 0.29) is 35.6 Å². The molecule has 1 aromatic carbocycles. The van der Waals surface area contributed by atoms with Crippen molar-refractivity contribution < 1.29 is 14.1 Å². The molecule has 2 N–H and O–H groups in total. The predicted octanol–water partition coefficient (Wildman–Crippen LogP) is 1.66. The molecular weight excluding hydrogens is 265 g/mol. The number of amides is 1. The van der Waals surface area contributed by atoms with Gasteiger partial charge in [-0.15, -0.1) is 11.6 Å². The average molecular weight is 274 g/mol. The third kappa shape index (κ3) is 2.08.